The number of benzene rings is 1. The number of nitrogens with one attached hydrogen (secondary N) is 5. The van der Waals surface area contributed by atoms with Crippen LogP contribution < -0.4 is 33.2 Å². The lowest BCUT2D eigenvalue weighted by Crippen LogP contribution is -2.58. The minimum absolute atomic E-state index is 0.000333. The van der Waals surface area contributed by atoms with Crippen LogP contribution in [0, 0.1) is 5.92 Å². The molecule has 0 aliphatic rings. The Hall–Kier alpha value is -4.92. The topological polar surface area (TPSA) is 259 Å². The van der Waals surface area contributed by atoms with E-state index in [1.165, 1.54) is 12.5 Å². The Bertz CT molecular complexity index is 1430. The summed E-state index contributed by atoms with van der Waals surface area (Å²) < 4.78 is 0. The molecule has 4 unspecified atom stereocenters. The number of H-pyrrole nitrogens is 2. The van der Waals surface area contributed by atoms with Crippen LogP contribution in [-0.4, -0.2) is 80.4 Å². The number of para-hydroxylation sites is 1. The van der Waals surface area contributed by atoms with Crippen molar-refractivity contribution in [2.45, 2.75) is 70.1 Å². The van der Waals surface area contributed by atoms with Crippen LogP contribution in [0.1, 0.15) is 44.4 Å². The first-order chi connectivity index (χ1) is 20.9. The third kappa shape index (κ3) is 10.1. The summed E-state index contributed by atoms with van der Waals surface area (Å²) >= 11 is 0. The Kier molecular flexibility index (Phi) is 12.3. The highest BCUT2D eigenvalue weighted by Gasteiger charge is 2.31. The Morgan fingerprint density at radius 2 is 1.64 bits per heavy atom. The van der Waals surface area contributed by atoms with Gasteiger partial charge in [-0.2, -0.15) is 0 Å². The van der Waals surface area contributed by atoms with Crippen molar-refractivity contribution in [2.75, 3.05) is 6.54 Å². The number of fused-ring (bicyclic) bond motifs is 1. The molecule has 44 heavy (non-hydrogen) atoms. The molecule has 15 heteroatoms. The monoisotopic (exact) mass is 610 g/mol. The number of aromatic nitrogens is 3. The molecule has 3 aromatic rings. The van der Waals surface area contributed by atoms with Crippen LogP contribution >= 0.6 is 0 Å². The summed E-state index contributed by atoms with van der Waals surface area (Å²) in [7, 11) is 0. The van der Waals surface area contributed by atoms with Gasteiger partial charge in [0.1, 0.15) is 18.1 Å². The van der Waals surface area contributed by atoms with Crippen molar-refractivity contribution in [1.82, 2.24) is 30.9 Å². The number of carboxylic acid groups (broad SMARTS) is 1. The van der Waals surface area contributed by atoms with Gasteiger partial charge in [0.2, 0.25) is 17.7 Å². The number of aliphatic carboxylic acids is 1. The molecule has 238 valence electrons. The van der Waals surface area contributed by atoms with Crippen LogP contribution in [0.5, 0.6) is 0 Å². The molecule has 0 radical (unpaired) electrons. The molecule has 0 aliphatic heterocycles. The van der Waals surface area contributed by atoms with E-state index < -0.39 is 47.9 Å². The number of hydrogen-bond donors (Lipinski definition) is 9. The zero-order chi connectivity index (χ0) is 32.2. The SMILES string of the molecule is CC(C)CC(NC(=O)C(Cc1cnc[nH]1)NC(=O)C(CCCN=C(N)N)NC(=O)C(N)Cc1c[nH]c2ccccc12)C(=O)O. The predicted octanol–water partition coefficient (Wildman–Crippen LogP) is -0.358. The zero-order valence-corrected chi connectivity index (χ0v) is 24.9. The number of rotatable bonds is 17. The molecule has 0 aliphatic carbocycles. The first kappa shape index (κ1) is 33.6. The smallest absolute Gasteiger partial charge is 0.326 e. The molecule has 0 bridgehead atoms. The molecule has 0 saturated carbocycles. The number of hydrogen-bond acceptors (Lipinski definition) is 7. The number of carbonyl (C=O) groups is 4. The minimum atomic E-state index is -1.19. The predicted molar refractivity (Wildman–Crippen MR) is 165 cm³/mol. The highest BCUT2D eigenvalue weighted by molar-refractivity contribution is 5.94. The largest absolute Gasteiger partial charge is 0.480 e. The molecule has 1 aromatic carbocycles. The maximum atomic E-state index is 13.6. The number of carbonyl (C=O) groups excluding carboxylic acids is 3. The van der Waals surface area contributed by atoms with E-state index in [-0.39, 0.29) is 44.1 Å². The third-order valence-corrected chi connectivity index (χ3v) is 6.96. The second-order valence-corrected chi connectivity index (χ2v) is 11.1. The first-order valence-electron chi connectivity index (χ1n) is 14.4. The number of imidazole rings is 1. The van der Waals surface area contributed by atoms with E-state index in [4.69, 9.17) is 17.2 Å². The maximum Gasteiger partial charge on any atom is 0.326 e. The molecule has 3 amide bonds. The van der Waals surface area contributed by atoms with E-state index in [9.17, 15) is 24.3 Å². The van der Waals surface area contributed by atoms with Crippen molar-refractivity contribution in [2.24, 2.45) is 28.1 Å². The summed E-state index contributed by atoms with van der Waals surface area (Å²) in [5, 5.41) is 18.5. The molecular weight excluding hydrogens is 568 g/mol. The molecule has 4 atom stereocenters. The van der Waals surface area contributed by atoms with Crippen LogP contribution in [0.2, 0.25) is 0 Å². The van der Waals surface area contributed by atoms with Gasteiger partial charge < -0.3 is 48.2 Å². The second-order valence-electron chi connectivity index (χ2n) is 11.1. The fourth-order valence-electron chi connectivity index (χ4n) is 4.74. The zero-order valence-electron chi connectivity index (χ0n) is 24.9. The molecule has 12 N–H and O–H groups in total. The highest BCUT2D eigenvalue weighted by Crippen LogP contribution is 2.19. The number of carboxylic acids is 1. The van der Waals surface area contributed by atoms with Crippen LogP contribution in [0.15, 0.2) is 48.0 Å². The molecule has 15 nitrogen and oxygen atoms in total. The van der Waals surface area contributed by atoms with E-state index in [1.54, 1.807) is 6.20 Å². The van der Waals surface area contributed by atoms with Gasteiger partial charge in [-0.05, 0) is 43.2 Å². The first-order valence-corrected chi connectivity index (χ1v) is 14.4. The number of guanidine groups is 1. The molecule has 3 rings (SSSR count). The van der Waals surface area contributed by atoms with Crippen molar-refractivity contribution in [3.8, 4) is 0 Å². The van der Waals surface area contributed by atoms with Crippen LogP contribution in [-0.2, 0) is 32.0 Å². The third-order valence-electron chi connectivity index (χ3n) is 6.96. The Morgan fingerprint density at radius 3 is 2.30 bits per heavy atom. The lowest BCUT2D eigenvalue weighted by molar-refractivity contribution is -0.142. The van der Waals surface area contributed by atoms with Crippen LogP contribution in [0.25, 0.3) is 10.9 Å². The quantitative estimate of drug-likeness (QED) is 0.0548. The lowest BCUT2D eigenvalue weighted by Gasteiger charge is -2.25. The molecule has 0 saturated heterocycles. The van der Waals surface area contributed by atoms with Gasteiger partial charge in [-0.3, -0.25) is 19.4 Å². The Labute approximate surface area is 254 Å². The standard InChI is InChI=1S/C29H42N10O5/c1-16(2)10-24(28(43)44)39-27(42)23(12-18-14-33-15-36-18)38-26(41)22(8-5-9-34-29(31)32)37-25(40)20(30)11-17-13-35-21-7-4-3-6-19(17)21/h3-4,6-7,13-16,20,22-24,35H,5,8-12,30H2,1-2H3,(H,33,36)(H,37,40)(H,38,41)(H,39,42)(H,43,44)(H4,31,32,34). The molecule has 2 aromatic heterocycles. The lowest BCUT2D eigenvalue weighted by atomic mass is 10.0. The van der Waals surface area contributed by atoms with Gasteiger partial charge in [0.25, 0.3) is 0 Å². The molecular formula is C29H42N10O5. The fraction of sp³-hybridized carbons (Fsp3) is 0.448. The number of nitrogens with zero attached hydrogens (tertiary/aromatic N) is 2. The van der Waals surface area contributed by atoms with Gasteiger partial charge in [0.15, 0.2) is 5.96 Å². The highest BCUT2D eigenvalue weighted by atomic mass is 16.4. The fourth-order valence-corrected chi connectivity index (χ4v) is 4.74. The van der Waals surface area contributed by atoms with Gasteiger partial charge in [0, 0.05) is 42.0 Å². The van der Waals surface area contributed by atoms with Crippen molar-refractivity contribution in [3.05, 3.63) is 54.2 Å². The van der Waals surface area contributed by atoms with E-state index in [0.29, 0.717) is 12.1 Å². The van der Waals surface area contributed by atoms with Gasteiger partial charge in [0.05, 0.1) is 12.4 Å². The van der Waals surface area contributed by atoms with Crippen molar-refractivity contribution in [1.29, 1.82) is 0 Å². The average molecular weight is 611 g/mol. The average Bonchev–Trinajstić information content (AvgIpc) is 3.63. The van der Waals surface area contributed by atoms with Gasteiger partial charge in [-0.1, -0.05) is 32.0 Å². The summed E-state index contributed by atoms with van der Waals surface area (Å²) in [6, 6.07) is 3.24. The molecule has 0 fully saturated rings. The Balaban J connectivity index is 1.76. The van der Waals surface area contributed by atoms with E-state index in [1.807, 2.05) is 38.1 Å². The maximum absolute atomic E-state index is 13.6. The summed E-state index contributed by atoms with van der Waals surface area (Å²) in [5.41, 5.74) is 19.4. The number of aromatic amines is 2. The second kappa shape index (κ2) is 16.1. The number of amides is 3. The van der Waals surface area contributed by atoms with Crippen LogP contribution in [0.3, 0.4) is 0 Å². The summed E-state index contributed by atoms with van der Waals surface area (Å²) in [4.78, 5) is 65.8. The number of aliphatic imine (C=N–C) groups is 1. The van der Waals surface area contributed by atoms with Gasteiger partial charge in [-0.15, -0.1) is 0 Å². The van der Waals surface area contributed by atoms with E-state index in [0.717, 1.165) is 16.5 Å². The van der Waals surface area contributed by atoms with Crippen LogP contribution in [0.4, 0.5) is 0 Å². The minimum Gasteiger partial charge on any atom is -0.480 e. The number of nitrogens with two attached hydrogens (primary N) is 3. The van der Waals surface area contributed by atoms with Crippen molar-refractivity contribution >= 4 is 40.6 Å². The molecule has 0 spiro atoms. The van der Waals surface area contributed by atoms with E-state index in [2.05, 4.69) is 35.9 Å². The van der Waals surface area contributed by atoms with Crippen molar-refractivity contribution in [3.63, 3.8) is 0 Å². The Morgan fingerprint density at radius 1 is 0.955 bits per heavy atom. The van der Waals surface area contributed by atoms with Gasteiger partial charge >= 0.3 is 5.97 Å². The molecule has 2 heterocycles. The summed E-state index contributed by atoms with van der Waals surface area (Å²) in [5.74, 6) is -3.21. The van der Waals surface area contributed by atoms with Gasteiger partial charge in [-0.25, -0.2) is 9.78 Å². The van der Waals surface area contributed by atoms with E-state index >= 15 is 0 Å². The summed E-state index contributed by atoms with van der Waals surface area (Å²) in [6.45, 7) is 3.88. The summed E-state index contributed by atoms with van der Waals surface area (Å²) in [6.07, 6.45) is 5.59. The van der Waals surface area contributed by atoms with Crippen molar-refractivity contribution < 1.29 is 24.3 Å². The normalized spacial score (nSPS) is 13.9.